The second-order valence-electron chi connectivity index (χ2n) is 8.63. The average molecular weight is 415 g/mol. The van der Waals surface area contributed by atoms with Crippen LogP contribution in [-0.4, -0.2) is 4.70 Å². The van der Waals surface area contributed by atoms with Crippen LogP contribution in [0.4, 0.5) is 0 Å². The average Bonchev–Trinajstić information content (AvgIpc) is 3.09. The number of allylic oxidation sites excluding steroid dienone is 2. The Kier molecular flexibility index (Phi) is 8.40. The molecule has 3 rings (SSSR count). The van der Waals surface area contributed by atoms with Crippen molar-refractivity contribution < 1.29 is 4.70 Å². The predicted octanol–water partition coefficient (Wildman–Crippen LogP) is 8.75. The zero-order valence-electron chi connectivity index (χ0n) is 19.9. The van der Waals surface area contributed by atoms with Gasteiger partial charge in [-0.25, -0.2) is 4.70 Å². The summed E-state index contributed by atoms with van der Waals surface area (Å²) in [6, 6.07) is 17.5. The van der Waals surface area contributed by atoms with Crippen molar-refractivity contribution in [1.82, 2.24) is 0 Å². The van der Waals surface area contributed by atoms with Crippen LogP contribution in [-0.2, 0) is 12.8 Å². The van der Waals surface area contributed by atoms with E-state index in [9.17, 15) is 5.53 Å². The fraction of sp³-hybridized carbons (Fsp3) is 0.448. The third-order valence-corrected chi connectivity index (χ3v) is 6.40. The van der Waals surface area contributed by atoms with E-state index < -0.39 is 0 Å². The van der Waals surface area contributed by atoms with Crippen molar-refractivity contribution in [3.63, 3.8) is 0 Å². The van der Waals surface area contributed by atoms with Crippen molar-refractivity contribution >= 4 is 11.4 Å². The van der Waals surface area contributed by atoms with E-state index in [1.807, 2.05) is 0 Å². The molecule has 1 aliphatic heterocycles. The summed E-state index contributed by atoms with van der Waals surface area (Å²) in [5.74, 6) is 0. The minimum atomic E-state index is 0.917. The first kappa shape index (κ1) is 23.2. The molecule has 2 aromatic carbocycles. The summed E-state index contributed by atoms with van der Waals surface area (Å²) in [5, 5.41) is 0. The molecule has 31 heavy (non-hydrogen) atoms. The lowest BCUT2D eigenvalue weighted by molar-refractivity contribution is -0.345. The number of hydrogen-bond donors (Lipinski definition) is 0. The Morgan fingerprint density at radius 2 is 1.35 bits per heavy atom. The summed E-state index contributed by atoms with van der Waals surface area (Å²) in [5.41, 5.74) is 20.9. The van der Waals surface area contributed by atoms with E-state index in [0.717, 1.165) is 61.0 Å². The van der Waals surface area contributed by atoms with Gasteiger partial charge >= 0.3 is 0 Å². The van der Waals surface area contributed by atoms with Crippen LogP contribution < -0.4 is 0 Å². The standard InChI is InChI=1S/C29H38N2/c1-5-9-11-13-23-17-19-24(20-18-23)28-27(16-10-6-2)26(8-4)29(31(28)30)25-15-12-14-22(7-3)21-25/h12,14-15,17-21H,5-11,13,16H2,1-4H3. The molecule has 0 amide bonds. The molecule has 0 spiro atoms. The molecule has 0 atom stereocenters. The number of unbranched alkanes of at least 4 members (excludes halogenated alkanes) is 3. The van der Waals surface area contributed by atoms with Crippen LogP contribution in [0.15, 0.2) is 59.7 Å². The fourth-order valence-corrected chi connectivity index (χ4v) is 4.60. The van der Waals surface area contributed by atoms with Gasteiger partial charge in [0.25, 0.3) is 0 Å². The first-order valence-corrected chi connectivity index (χ1v) is 12.3. The summed E-state index contributed by atoms with van der Waals surface area (Å²) in [6.45, 7) is 8.87. The van der Waals surface area contributed by atoms with E-state index in [1.165, 1.54) is 46.2 Å². The van der Waals surface area contributed by atoms with E-state index in [1.54, 1.807) is 0 Å². The molecule has 0 N–H and O–H groups in total. The van der Waals surface area contributed by atoms with Gasteiger partial charge in [0.05, 0.1) is 0 Å². The molecular weight excluding hydrogens is 376 g/mol. The SMILES string of the molecule is CCCCCc1ccc(C2=C(CCCC)C(CC)=C(c3cccc(CC)c3)[N+]2=[N-])cc1. The largest absolute Gasteiger partial charge is 0.493 e. The summed E-state index contributed by atoms with van der Waals surface area (Å²) in [6.07, 6.45) is 10.1. The number of benzene rings is 2. The highest BCUT2D eigenvalue weighted by atomic mass is 15.2. The molecule has 2 heteroatoms. The van der Waals surface area contributed by atoms with Gasteiger partial charge in [0.15, 0.2) is 0 Å². The molecule has 0 aromatic heterocycles. The van der Waals surface area contributed by atoms with Crippen LogP contribution in [0.2, 0.25) is 0 Å². The Morgan fingerprint density at radius 3 is 2.00 bits per heavy atom. The van der Waals surface area contributed by atoms with Gasteiger partial charge in [0.1, 0.15) is 0 Å². The molecule has 164 valence electrons. The van der Waals surface area contributed by atoms with Crippen molar-refractivity contribution in [1.29, 1.82) is 0 Å². The second kappa shape index (κ2) is 11.2. The van der Waals surface area contributed by atoms with Crippen molar-refractivity contribution in [2.45, 2.75) is 85.5 Å². The monoisotopic (exact) mass is 414 g/mol. The van der Waals surface area contributed by atoms with Gasteiger partial charge in [-0.15, -0.1) is 0 Å². The lowest BCUT2D eigenvalue weighted by Gasteiger charge is -2.11. The Balaban J connectivity index is 2.01. The minimum Gasteiger partial charge on any atom is -0.493 e. The van der Waals surface area contributed by atoms with Crippen LogP contribution in [0, 0.1) is 0 Å². The van der Waals surface area contributed by atoms with Gasteiger partial charge in [-0.1, -0.05) is 71.2 Å². The molecule has 0 saturated carbocycles. The highest BCUT2D eigenvalue weighted by Gasteiger charge is 2.34. The maximum absolute atomic E-state index is 11.5. The predicted molar refractivity (Wildman–Crippen MR) is 133 cm³/mol. The van der Waals surface area contributed by atoms with Crippen LogP contribution in [0.5, 0.6) is 0 Å². The molecule has 2 nitrogen and oxygen atoms in total. The van der Waals surface area contributed by atoms with E-state index >= 15 is 0 Å². The molecule has 0 unspecified atom stereocenters. The Bertz CT molecular complexity index is 960. The molecule has 1 heterocycles. The summed E-state index contributed by atoms with van der Waals surface area (Å²) in [7, 11) is 0. The molecular formula is C29H38N2. The third-order valence-electron chi connectivity index (χ3n) is 6.40. The summed E-state index contributed by atoms with van der Waals surface area (Å²) in [4.78, 5) is 0. The molecule has 1 aliphatic rings. The molecule has 0 radical (unpaired) electrons. The van der Waals surface area contributed by atoms with Gasteiger partial charge in [-0.05, 0) is 73.9 Å². The maximum atomic E-state index is 11.5. The molecule has 2 aromatic rings. The van der Waals surface area contributed by atoms with Gasteiger partial charge < -0.3 is 5.53 Å². The van der Waals surface area contributed by atoms with Gasteiger partial charge in [0.2, 0.25) is 11.4 Å². The quantitative estimate of drug-likeness (QED) is 0.259. The minimum absolute atomic E-state index is 0.917. The van der Waals surface area contributed by atoms with Crippen molar-refractivity contribution in [3.8, 4) is 0 Å². The normalized spacial score (nSPS) is 14.1. The zero-order valence-corrected chi connectivity index (χ0v) is 19.9. The Labute approximate surface area is 189 Å². The van der Waals surface area contributed by atoms with Crippen molar-refractivity contribution in [3.05, 3.63) is 87.5 Å². The first-order chi connectivity index (χ1) is 15.1. The lowest BCUT2D eigenvalue weighted by Crippen LogP contribution is -2.03. The van der Waals surface area contributed by atoms with Gasteiger partial charge in [-0.3, -0.25) is 0 Å². The third kappa shape index (κ3) is 5.23. The molecule has 0 fully saturated rings. The van der Waals surface area contributed by atoms with Crippen molar-refractivity contribution in [2.24, 2.45) is 0 Å². The van der Waals surface area contributed by atoms with Gasteiger partial charge in [0, 0.05) is 22.3 Å². The van der Waals surface area contributed by atoms with Crippen molar-refractivity contribution in [2.75, 3.05) is 0 Å². The number of rotatable bonds is 11. The smallest absolute Gasteiger partial charge is 0.211 e. The molecule has 0 bridgehead atoms. The Hall–Kier alpha value is -2.48. The van der Waals surface area contributed by atoms with Crippen LogP contribution in [0.3, 0.4) is 0 Å². The lowest BCUT2D eigenvalue weighted by atomic mass is 9.93. The second-order valence-corrected chi connectivity index (χ2v) is 8.63. The number of aryl methyl sites for hydroxylation is 2. The zero-order chi connectivity index (χ0) is 22.2. The van der Waals surface area contributed by atoms with Crippen LogP contribution >= 0.6 is 0 Å². The van der Waals surface area contributed by atoms with Gasteiger partial charge in [-0.2, -0.15) is 0 Å². The first-order valence-electron chi connectivity index (χ1n) is 12.3. The molecule has 0 aliphatic carbocycles. The molecule has 0 saturated heterocycles. The summed E-state index contributed by atoms with van der Waals surface area (Å²) >= 11 is 0. The topological polar surface area (TPSA) is 25.3 Å². The highest BCUT2D eigenvalue weighted by molar-refractivity contribution is 5.82. The van der Waals surface area contributed by atoms with Crippen LogP contribution in [0.25, 0.3) is 16.9 Å². The van der Waals surface area contributed by atoms with E-state index in [-0.39, 0.29) is 0 Å². The highest BCUT2D eigenvalue weighted by Crippen LogP contribution is 2.43. The summed E-state index contributed by atoms with van der Waals surface area (Å²) < 4.78 is 1.48. The van der Waals surface area contributed by atoms with E-state index in [2.05, 4.69) is 76.2 Å². The van der Waals surface area contributed by atoms with E-state index in [4.69, 9.17) is 0 Å². The fourth-order valence-electron chi connectivity index (χ4n) is 4.60. The Morgan fingerprint density at radius 1 is 0.645 bits per heavy atom. The number of hydrogen-bond acceptors (Lipinski definition) is 0. The van der Waals surface area contributed by atoms with Crippen LogP contribution in [0.1, 0.15) is 94.9 Å². The number of nitrogens with zero attached hydrogens (tertiary/aromatic N) is 2. The maximum Gasteiger partial charge on any atom is 0.211 e. The van der Waals surface area contributed by atoms with E-state index in [0.29, 0.717) is 0 Å².